The first-order valence-corrected chi connectivity index (χ1v) is 17.2. The number of likely N-dealkylation sites (N-methyl/N-ethyl adjacent to an activating group) is 1. The number of sulfonamides is 1. The lowest BCUT2D eigenvalue weighted by Gasteiger charge is -2.36. The molecule has 0 aromatic heterocycles. The third-order valence-corrected chi connectivity index (χ3v) is 9.54. The van der Waals surface area contributed by atoms with Crippen LogP contribution in [0.1, 0.15) is 56.0 Å². The molecule has 1 aliphatic rings. The third-order valence-electron chi connectivity index (χ3n) is 8.14. The van der Waals surface area contributed by atoms with Crippen molar-refractivity contribution in [2.75, 3.05) is 38.1 Å². The first kappa shape index (κ1) is 34.4. The zero-order valence-electron chi connectivity index (χ0n) is 26.8. The Morgan fingerprint density at radius 1 is 1.02 bits per heavy atom. The minimum absolute atomic E-state index is 0.0628. The zero-order chi connectivity index (χ0) is 32.4. The van der Waals surface area contributed by atoms with E-state index in [2.05, 4.69) is 35.7 Å². The summed E-state index contributed by atoms with van der Waals surface area (Å²) in [6.45, 7) is 7.98. The maximum atomic E-state index is 14.3. The van der Waals surface area contributed by atoms with E-state index >= 15 is 0 Å². The van der Waals surface area contributed by atoms with Crippen LogP contribution in [0.25, 0.3) is 0 Å². The second-order valence-electron chi connectivity index (χ2n) is 12.1. The SMILES string of the molecule is C[C@@H]1CCCCO[C@H](CN(C)Cc2ccccc2)[C@@H](C)CN([C@H](C)CO)C(=O)c2cc(NS(=O)(=O)c3ccccc3)ccc2O1. The van der Waals surface area contributed by atoms with E-state index in [1.807, 2.05) is 25.1 Å². The van der Waals surface area contributed by atoms with Crippen molar-refractivity contribution in [3.8, 4) is 5.75 Å². The van der Waals surface area contributed by atoms with Crippen molar-refractivity contribution < 1.29 is 27.8 Å². The normalized spacial score (nSPS) is 21.0. The fourth-order valence-corrected chi connectivity index (χ4v) is 6.60. The average Bonchev–Trinajstić information content (AvgIpc) is 3.03. The van der Waals surface area contributed by atoms with Crippen molar-refractivity contribution in [3.05, 3.63) is 90.0 Å². The van der Waals surface area contributed by atoms with Crippen LogP contribution in [-0.2, 0) is 21.3 Å². The van der Waals surface area contributed by atoms with Crippen molar-refractivity contribution in [2.45, 2.75) is 69.7 Å². The molecule has 9 nitrogen and oxygen atoms in total. The lowest BCUT2D eigenvalue weighted by atomic mass is 10.0. The van der Waals surface area contributed by atoms with Gasteiger partial charge in [0.15, 0.2) is 0 Å². The average molecular weight is 638 g/mol. The van der Waals surface area contributed by atoms with Gasteiger partial charge in [-0.2, -0.15) is 0 Å². The Kier molecular flexibility index (Phi) is 12.4. The van der Waals surface area contributed by atoms with E-state index in [-0.39, 0.29) is 46.8 Å². The summed E-state index contributed by atoms with van der Waals surface area (Å²) in [5, 5.41) is 10.2. The number of rotatable bonds is 9. The molecular formula is C35H47N3O6S. The van der Waals surface area contributed by atoms with Crippen molar-refractivity contribution in [2.24, 2.45) is 5.92 Å². The molecule has 0 spiro atoms. The van der Waals surface area contributed by atoms with Gasteiger partial charge in [-0.05, 0) is 76.1 Å². The van der Waals surface area contributed by atoms with Gasteiger partial charge in [-0.3, -0.25) is 14.4 Å². The first-order valence-electron chi connectivity index (χ1n) is 15.7. The van der Waals surface area contributed by atoms with E-state index in [4.69, 9.17) is 9.47 Å². The van der Waals surface area contributed by atoms with E-state index in [1.54, 1.807) is 42.2 Å². The van der Waals surface area contributed by atoms with Crippen molar-refractivity contribution >= 4 is 21.6 Å². The molecule has 1 amide bonds. The number of anilines is 1. The van der Waals surface area contributed by atoms with Gasteiger partial charge in [0.05, 0.1) is 35.3 Å². The molecule has 0 saturated carbocycles. The minimum Gasteiger partial charge on any atom is -0.490 e. The lowest BCUT2D eigenvalue weighted by Crippen LogP contribution is -2.47. The molecule has 0 aliphatic carbocycles. The van der Waals surface area contributed by atoms with Gasteiger partial charge in [-0.15, -0.1) is 0 Å². The molecular weight excluding hydrogens is 590 g/mol. The first-order chi connectivity index (χ1) is 21.6. The van der Waals surface area contributed by atoms with Crippen LogP contribution >= 0.6 is 0 Å². The van der Waals surface area contributed by atoms with Crippen LogP contribution in [-0.4, -0.2) is 80.8 Å². The molecule has 0 unspecified atom stereocenters. The van der Waals surface area contributed by atoms with Gasteiger partial charge in [0.1, 0.15) is 5.75 Å². The third kappa shape index (κ3) is 9.77. The molecule has 10 heteroatoms. The second-order valence-corrected chi connectivity index (χ2v) is 13.8. The molecule has 244 valence electrons. The number of benzene rings is 3. The van der Waals surface area contributed by atoms with Crippen LogP contribution in [0.3, 0.4) is 0 Å². The minimum atomic E-state index is -3.88. The zero-order valence-corrected chi connectivity index (χ0v) is 27.6. The number of aliphatic hydroxyl groups is 1. The Hall–Kier alpha value is -3.44. The monoisotopic (exact) mass is 637 g/mol. The molecule has 4 atom stereocenters. The summed E-state index contributed by atoms with van der Waals surface area (Å²) < 4.78 is 41.5. The molecule has 0 bridgehead atoms. The highest BCUT2D eigenvalue weighted by atomic mass is 32.2. The Morgan fingerprint density at radius 3 is 2.40 bits per heavy atom. The van der Waals surface area contributed by atoms with E-state index in [1.165, 1.54) is 23.8 Å². The highest BCUT2D eigenvalue weighted by Gasteiger charge is 2.30. The van der Waals surface area contributed by atoms with Gasteiger partial charge < -0.3 is 19.5 Å². The van der Waals surface area contributed by atoms with Gasteiger partial charge in [-0.25, -0.2) is 8.42 Å². The van der Waals surface area contributed by atoms with Crippen molar-refractivity contribution in [1.29, 1.82) is 0 Å². The molecule has 3 aromatic rings. The Labute approximate surface area is 268 Å². The van der Waals surface area contributed by atoms with Gasteiger partial charge >= 0.3 is 0 Å². The van der Waals surface area contributed by atoms with E-state index in [0.717, 1.165) is 25.8 Å². The topological polar surface area (TPSA) is 108 Å². The number of aliphatic hydroxyl groups excluding tert-OH is 1. The maximum absolute atomic E-state index is 14.3. The van der Waals surface area contributed by atoms with Crippen LogP contribution in [0.15, 0.2) is 83.8 Å². The number of fused-ring (bicyclic) bond motifs is 1. The lowest BCUT2D eigenvalue weighted by molar-refractivity contribution is -0.0177. The van der Waals surface area contributed by atoms with Gasteiger partial charge in [0.25, 0.3) is 15.9 Å². The molecule has 1 aliphatic heterocycles. The van der Waals surface area contributed by atoms with E-state index < -0.39 is 16.1 Å². The van der Waals surface area contributed by atoms with Crippen molar-refractivity contribution in [1.82, 2.24) is 9.80 Å². The number of amides is 1. The van der Waals surface area contributed by atoms with Crippen molar-refractivity contribution in [3.63, 3.8) is 0 Å². The summed E-state index contributed by atoms with van der Waals surface area (Å²) in [6, 6.07) is 22.6. The molecule has 3 aromatic carbocycles. The van der Waals surface area contributed by atoms with Crippen LogP contribution in [0.4, 0.5) is 5.69 Å². The largest absolute Gasteiger partial charge is 0.490 e. The fourth-order valence-electron chi connectivity index (χ4n) is 5.53. The van der Waals surface area contributed by atoms with Crippen LogP contribution in [0.5, 0.6) is 5.75 Å². The molecule has 1 heterocycles. The molecule has 45 heavy (non-hydrogen) atoms. The maximum Gasteiger partial charge on any atom is 0.261 e. The van der Waals surface area contributed by atoms with Gasteiger partial charge in [0.2, 0.25) is 0 Å². The number of hydrogen-bond acceptors (Lipinski definition) is 7. The Bertz CT molecular complexity index is 1470. The van der Waals surface area contributed by atoms with E-state index in [0.29, 0.717) is 25.4 Å². The highest BCUT2D eigenvalue weighted by Crippen LogP contribution is 2.29. The number of nitrogens with one attached hydrogen (secondary N) is 1. The van der Waals surface area contributed by atoms with Crippen LogP contribution < -0.4 is 9.46 Å². The Morgan fingerprint density at radius 2 is 1.71 bits per heavy atom. The second kappa shape index (κ2) is 16.2. The number of carbonyl (C=O) groups is 1. The summed E-state index contributed by atoms with van der Waals surface area (Å²) in [6.07, 6.45) is 2.21. The summed E-state index contributed by atoms with van der Waals surface area (Å²) in [7, 11) is -1.81. The number of ether oxygens (including phenoxy) is 2. The molecule has 0 radical (unpaired) electrons. The summed E-state index contributed by atoms with van der Waals surface area (Å²) in [4.78, 5) is 18.3. The molecule has 2 N–H and O–H groups in total. The molecule has 0 fully saturated rings. The van der Waals surface area contributed by atoms with Gasteiger partial charge in [-0.1, -0.05) is 55.5 Å². The predicted molar refractivity (Wildman–Crippen MR) is 177 cm³/mol. The standard InChI is InChI=1S/C35H47N3O6S/c1-26-22-38(27(2)25-39)35(40)32-21-30(36-45(41,42)31-16-9-6-10-17-31)18-19-33(32)44-28(3)13-11-12-20-43-34(26)24-37(4)23-29-14-7-5-8-15-29/h5-10,14-19,21,26-28,34,36,39H,11-13,20,22-25H2,1-4H3/t26-,27+,28+,34+/m0/s1. The number of nitrogens with zero attached hydrogens (tertiary/aromatic N) is 2. The van der Waals surface area contributed by atoms with E-state index in [9.17, 15) is 18.3 Å². The highest BCUT2D eigenvalue weighted by molar-refractivity contribution is 7.92. The molecule has 4 rings (SSSR count). The number of carbonyl (C=O) groups excluding carboxylic acids is 1. The summed E-state index contributed by atoms with van der Waals surface area (Å²) in [5.41, 5.74) is 1.69. The van der Waals surface area contributed by atoms with Crippen LogP contribution in [0.2, 0.25) is 0 Å². The summed E-state index contributed by atoms with van der Waals surface area (Å²) in [5.74, 6) is -0.0302. The van der Waals surface area contributed by atoms with Crippen LogP contribution in [0, 0.1) is 5.92 Å². The smallest absolute Gasteiger partial charge is 0.261 e. The predicted octanol–water partition coefficient (Wildman–Crippen LogP) is 5.41. The Balaban J connectivity index is 1.64. The molecule has 0 saturated heterocycles. The quantitative estimate of drug-likeness (QED) is 0.323. The number of hydrogen-bond donors (Lipinski definition) is 2. The fraction of sp³-hybridized carbons (Fsp3) is 0.457. The van der Waals surface area contributed by atoms with Gasteiger partial charge in [0, 0.05) is 37.8 Å². The summed E-state index contributed by atoms with van der Waals surface area (Å²) >= 11 is 0.